The number of hydrogen-bond acceptors (Lipinski definition) is 4. The molecule has 0 radical (unpaired) electrons. The molecule has 0 fully saturated rings. The molecule has 0 aliphatic heterocycles. The van der Waals surface area contributed by atoms with Gasteiger partial charge in [-0.15, -0.1) is 0 Å². The van der Waals surface area contributed by atoms with Crippen molar-refractivity contribution >= 4 is 5.97 Å². The van der Waals surface area contributed by atoms with E-state index in [-0.39, 0.29) is 18.1 Å². The lowest BCUT2D eigenvalue weighted by molar-refractivity contribution is 0.0683. The molecule has 0 aliphatic rings. The number of rotatable bonds is 4. The van der Waals surface area contributed by atoms with Crippen LogP contribution in [0.4, 0.5) is 0 Å². The number of aromatic nitrogens is 2. The highest BCUT2D eigenvalue weighted by atomic mass is 16.5. The highest BCUT2D eigenvalue weighted by Crippen LogP contribution is 2.13. The Kier molecular flexibility index (Phi) is 3.84. The van der Waals surface area contributed by atoms with Crippen LogP contribution in [0.1, 0.15) is 21.6 Å². The lowest BCUT2D eigenvalue weighted by Gasteiger charge is -2.09. The molecule has 0 atom stereocenters. The molecule has 1 aromatic heterocycles. The van der Waals surface area contributed by atoms with E-state index in [0.29, 0.717) is 0 Å². The number of benzene rings is 1. The van der Waals surface area contributed by atoms with E-state index in [2.05, 4.69) is 4.98 Å². The summed E-state index contributed by atoms with van der Waals surface area (Å²) >= 11 is 0. The third kappa shape index (κ3) is 2.85. The monoisotopic (exact) mass is 274 g/mol. The summed E-state index contributed by atoms with van der Waals surface area (Å²) in [5.74, 6) is -1.54. The first-order chi connectivity index (χ1) is 9.49. The Morgan fingerprint density at radius 2 is 2.20 bits per heavy atom. The van der Waals surface area contributed by atoms with Crippen molar-refractivity contribution in [2.45, 2.75) is 13.5 Å². The van der Waals surface area contributed by atoms with E-state index in [1.165, 1.54) is 11.6 Å². The Bertz CT molecular complexity index is 707. The number of carbonyl (C=O) groups is 1. The molecule has 2 aromatic rings. The molecule has 0 spiro atoms. The van der Waals surface area contributed by atoms with Crippen molar-refractivity contribution in [2.75, 3.05) is 0 Å². The van der Waals surface area contributed by atoms with Crippen LogP contribution in [0, 0.1) is 6.92 Å². The molecular formula is C14H14N2O4. The largest absolute Gasteiger partial charge is 0.481 e. The molecule has 0 bridgehead atoms. The van der Waals surface area contributed by atoms with Crippen LogP contribution in [-0.4, -0.2) is 20.6 Å². The van der Waals surface area contributed by atoms with E-state index in [1.807, 2.05) is 31.2 Å². The van der Waals surface area contributed by atoms with Crippen molar-refractivity contribution in [2.24, 2.45) is 7.05 Å². The maximum atomic E-state index is 11.9. The van der Waals surface area contributed by atoms with Crippen molar-refractivity contribution in [1.82, 2.24) is 9.55 Å². The minimum Gasteiger partial charge on any atom is -0.481 e. The van der Waals surface area contributed by atoms with Crippen LogP contribution < -0.4 is 10.3 Å². The molecule has 1 N–H and O–H groups in total. The number of ether oxygens (including phenoxy) is 1. The Balaban J connectivity index is 2.31. The maximum absolute atomic E-state index is 11.9. The normalized spacial score (nSPS) is 10.3. The molecule has 20 heavy (non-hydrogen) atoms. The molecule has 0 saturated heterocycles. The topological polar surface area (TPSA) is 81.4 Å². The first-order valence-electron chi connectivity index (χ1n) is 5.96. The molecule has 6 heteroatoms. The highest BCUT2D eigenvalue weighted by molar-refractivity contribution is 5.88. The fourth-order valence-electron chi connectivity index (χ4n) is 1.76. The molecule has 0 unspecified atom stereocenters. The molecular weight excluding hydrogens is 260 g/mol. The third-order valence-corrected chi connectivity index (χ3v) is 2.76. The second-order valence-corrected chi connectivity index (χ2v) is 4.42. The standard InChI is InChI=1S/C14H14N2O4/c1-9-4-3-5-10(6-9)7-20-12-11(14(18)19)15-8-16(2)13(12)17/h3-6,8H,7H2,1-2H3,(H,18,19). The zero-order chi connectivity index (χ0) is 14.7. The SMILES string of the molecule is Cc1cccc(COc2c(C(=O)O)ncn(C)c2=O)c1. The Morgan fingerprint density at radius 1 is 1.45 bits per heavy atom. The van der Waals surface area contributed by atoms with Gasteiger partial charge in [-0.05, 0) is 12.5 Å². The fourth-order valence-corrected chi connectivity index (χ4v) is 1.76. The third-order valence-electron chi connectivity index (χ3n) is 2.76. The van der Waals surface area contributed by atoms with Gasteiger partial charge in [0.2, 0.25) is 5.75 Å². The molecule has 1 aromatic carbocycles. The van der Waals surface area contributed by atoms with Crippen LogP contribution in [0.2, 0.25) is 0 Å². The van der Waals surface area contributed by atoms with Crippen molar-refractivity contribution < 1.29 is 14.6 Å². The van der Waals surface area contributed by atoms with Crippen molar-refractivity contribution in [3.8, 4) is 5.75 Å². The minimum absolute atomic E-state index is 0.114. The van der Waals surface area contributed by atoms with E-state index in [4.69, 9.17) is 9.84 Å². The quantitative estimate of drug-likeness (QED) is 0.910. The summed E-state index contributed by atoms with van der Waals surface area (Å²) < 4.78 is 6.55. The number of carboxylic acid groups (broad SMARTS) is 1. The molecule has 104 valence electrons. The van der Waals surface area contributed by atoms with Gasteiger partial charge in [0.15, 0.2) is 5.69 Å². The lowest BCUT2D eigenvalue weighted by Crippen LogP contribution is -2.23. The average molecular weight is 274 g/mol. The van der Waals surface area contributed by atoms with Crippen LogP contribution in [-0.2, 0) is 13.7 Å². The van der Waals surface area contributed by atoms with Crippen LogP contribution in [0.15, 0.2) is 35.4 Å². The molecule has 1 heterocycles. The number of carboxylic acids is 1. The molecule has 6 nitrogen and oxygen atoms in total. The van der Waals surface area contributed by atoms with E-state index >= 15 is 0 Å². The van der Waals surface area contributed by atoms with Crippen LogP contribution in [0.5, 0.6) is 5.75 Å². The number of nitrogens with zero attached hydrogens (tertiary/aromatic N) is 2. The van der Waals surface area contributed by atoms with Gasteiger partial charge in [-0.2, -0.15) is 0 Å². The summed E-state index contributed by atoms with van der Waals surface area (Å²) in [5.41, 5.74) is 1.02. The van der Waals surface area contributed by atoms with Gasteiger partial charge in [-0.3, -0.25) is 9.36 Å². The minimum atomic E-state index is -1.29. The molecule has 2 rings (SSSR count). The van der Waals surface area contributed by atoms with E-state index in [9.17, 15) is 9.59 Å². The summed E-state index contributed by atoms with van der Waals surface area (Å²) in [7, 11) is 1.49. The second-order valence-electron chi connectivity index (χ2n) is 4.42. The van der Waals surface area contributed by atoms with Gasteiger partial charge < -0.3 is 9.84 Å². The predicted octanol–water partition coefficient (Wildman–Crippen LogP) is 1.37. The van der Waals surface area contributed by atoms with Crippen LogP contribution in [0.25, 0.3) is 0 Å². The molecule has 0 aliphatic carbocycles. The van der Waals surface area contributed by atoms with Gasteiger partial charge in [0.25, 0.3) is 5.56 Å². The van der Waals surface area contributed by atoms with Gasteiger partial charge in [0, 0.05) is 7.05 Å². The van der Waals surface area contributed by atoms with Crippen molar-refractivity contribution in [1.29, 1.82) is 0 Å². The lowest BCUT2D eigenvalue weighted by atomic mass is 10.1. The number of aryl methyl sites for hydroxylation is 2. The summed E-state index contributed by atoms with van der Waals surface area (Å²) in [6, 6.07) is 7.55. The average Bonchev–Trinajstić information content (AvgIpc) is 2.40. The smallest absolute Gasteiger partial charge is 0.358 e. The van der Waals surface area contributed by atoms with Gasteiger partial charge in [0.05, 0.1) is 6.33 Å². The zero-order valence-corrected chi connectivity index (χ0v) is 11.2. The van der Waals surface area contributed by atoms with Gasteiger partial charge >= 0.3 is 5.97 Å². The number of aromatic carboxylic acids is 1. The Hall–Kier alpha value is -2.63. The Morgan fingerprint density at radius 3 is 2.85 bits per heavy atom. The Labute approximate surface area is 115 Å². The first kappa shape index (κ1) is 13.8. The summed E-state index contributed by atoms with van der Waals surface area (Å²) in [6.45, 7) is 2.05. The fraction of sp³-hybridized carbons (Fsp3) is 0.214. The van der Waals surface area contributed by atoms with Crippen molar-refractivity contribution in [3.05, 3.63) is 57.8 Å². The second kappa shape index (κ2) is 5.56. The van der Waals surface area contributed by atoms with Gasteiger partial charge in [0.1, 0.15) is 6.61 Å². The van der Waals surface area contributed by atoms with Crippen LogP contribution in [0.3, 0.4) is 0 Å². The predicted molar refractivity (Wildman–Crippen MR) is 71.9 cm³/mol. The van der Waals surface area contributed by atoms with E-state index < -0.39 is 11.5 Å². The van der Waals surface area contributed by atoms with Gasteiger partial charge in [-0.1, -0.05) is 29.8 Å². The van der Waals surface area contributed by atoms with Crippen LogP contribution >= 0.6 is 0 Å². The highest BCUT2D eigenvalue weighted by Gasteiger charge is 2.18. The maximum Gasteiger partial charge on any atom is 0.358 e. The summed E-state index contributed by atoms with van der Waals surface area (Å²) in [5, 5.41) is 9.03. The zero-order valence-electron chi connectivity index (χ0n) is 11.2. The van der Waals surface area contributed by atoms with E-state index in [1.54, 1.807) is 0 Å². The van der Waals surface area contributed by atoms with Gasteiger partial charge in [-0.25, -0.2) is 9.78 Å². The summed E-state index contributed by atoms with van der Waals surface area (Å²) in [4.78, 5) is 26.7. The number of hydrogen-bond donors (Lipinski definition) is 1. The van der Waals surface area contributed by atoms with E-state index in [0.717, 1.165) is 17.5 Å². The summed E-state index contributed by atoms with van der Waals surface area (Å²) in [6.07, 6.45) is 1.16. The molecule has 0 saturated carbocycles. The van der Waals surface area contributed by atoms with Crippen molar-refractivity contribution in [3.63, 3.8) is 0 Å². The first-order valence-corrected chi connectivity index (χ1v) is 5.96. The molecule has 0 amide bonds.